The summed E-state index contributed by atoms with van der Waals surface area (Å²) in [5.74, 6) is -7.70. The van der Waals surface area contributed by atoms with Gasteiger partial charge < -0.3 is 52.7 Å². The minimum atomic E-state index is -3.96. The summed E-state index contributed by atoms with van der Waals surface area (Å²) >= 11 is 28.4. The molecule has 0 unspecified atom stereocenters. The van der Waals surface area contributed by atoms with Gasteiger partial charge in [0, 0.05) is 53.7 Å². The largest absolute Gasteiger partial charge is 0.486 e. The Morgan fingerprint density at radius 1 is 0.615 bits per heavy atom. The summed E-state index contributed by atoms with van der Waals surface area (Å²) in [6, 6.07) is 28.7. The number of aliphatic hydroxyl groups excluding tert-OH is 1. The van der Waals surface area contributed by atoms with Gasteiger partial charge in [0.15, 0.2) is 17.3 Å². The van der Waals surface area contributed by atoms with Crippen molar-refractivity contribution in [3.05, 3.63) is 164 Å². The molecule has 1 saturated heterocycles. The Morgan fingerprint density at radius 3 is 1.58 bits per heavy atom. The lowest BCUT2D eigenvalue weighted by Gasteiger charge is -2.30. The molecule has 0 saturated carbocycles. The van der Waals surface area contributed by atoms with Crippen molar-refractivity contribution in [2.45, 2.75) is 57.5 Å². The number of halogens is 7. The van der Waals surface area contributed by atoms with Crippen LogP contribution in [0.2, 0.25) is 20.1 Å². The average molecular weight is 1180 g/mol. The summed E-state index contributed by atoms with van der Waals surface area (Å²) in [5.41, 5.74) is 2.15. The van der Waals surface area contributed by atoms with E-state index in [2.05, 4.69) is 5.32 Å². The number of alkyl halides is 2. The van der Waals surface area contributed by atoms with Crippen LogP contribution in [0.4, 0.5) is 8.78 Å². The number of hydrogen-bond donors (Lipinski definition) is 4. The number of nitrogens with one attached hydrogen (secondary N) is 1. The molecule has 2 atom stereocenters. The fraction of sp³-hybridized carbons (Fsp3) is 0.250. The first-order chi connectivity index (χ1) is 38.3. The molecule has 410 valence electrons. The Labute approximate surface area is 474 Å². The highest BCUT2D eigenvalue weighted by atomic mass is 35.5. The van der Waals surface area contributed by atoms with Gasteiger partial charge in [0.25, 0.3) is 5.91 Å². The minimum Gasteiger partial charge on any atom is -0.486 e. The van der Waals surface area contributed by atoms with Crippen molar-refractivity contribution in [1.82, 2.24) is 10.2 Å². The van der Waals surface area contributed by atoms with Gasteiger partial charge in [0.1, 0.15) is 71.7 Å². The number of furan rings is 4. The predicted molar refractivity (Wildman–Crippen MR) is 293 cm³/mol. The third-order valence-corrected chi connectivity index (χ3v) is 12.6. The molecular weight excluding hydrogens is 1120 g/mol. The first-order valence-corrected chi connectivity index (χ1v) is 25.1. The highest BCUT2D eigenvalue weighted by Gasteiger charge is 2.46. The molecule has 4 aromatic heterocycles. The van der Waals surface area contributed by atoms with Gasteiger partial charge in [-0.1, -0.05) is 59.9 Å². The van der Waals surface area contributed by atoms with Crippen molar-refractivity contribution >= 4 is 125 Å². The number of fused-ring (bicyclic) bond motifs is 5. The van der Waals surface area contributed by atoms with E-state index in [9.17, 15) is 24.3 Å². The topological polar surface area (TPSA) is 215 Å². The van der Waals surface area contributed by atoms with E-state index in [4.69, 9.17) is 101 Å². The molecule has 5 aromatic carbocycles. The summed E-state index contributed by atoms with van der Waals surface area (Å²) in [4.78, 5) is 46.9. The predicted octanol–water partition coefficient (Wildman–Crippen LogP) is 13.7. The van der Waals surface area contributed by atoms with Gasteiger partial charge in [-0.15, -0.1) is 0 Å². The molecule has 0 spiro atoms. The number of amides is 1. The van der Waals surface area contributed by atoms with Crippen molar-refractivity contribution in [3.8, 4) is 11.5 Å². The molecule has 15 nitrogen and oxygen atoms in total. The number of likely N-dealkylation sites (tertiary alicyclic amines) is 1. The molecule has 1 fully saturated rings. The summed E-state index contributed by atoms with van der Waals surface area (Å²) < 4.78 is 92.0. The molecule has 0 bridgehead atoms. The molecule has 0 aliphatic carbocycles. The lowest BCUT2D eigenvalue weighted by Crippen LogP contribution is -2.50. The Balaban J connectivity index is 0.000000172. The van der Waals surface area contributed by atoms with Gasteiger partial charge in [-0.2, -0.15) is 8.78 Å². The van der Waals surface area contributed by atoms with Gasteiger partial charge in [0.2, 0.25) is 5.24 Å². The summed E-state index contributed by atoms with van der Waals surface area (Å²) in [6.45, 7) is 2.54. The van der Waals surface area contributed by atoms with Crippen molar-refractivity contribution < 1.29 is 75.9 Å². The first kappa shape index (κ1) is 53.2. The van der Waals surface area contributed by atoms with Crippen LogP contribution in [-0.2, 0) is 44.3 Å². The molecule has 2 aliphatic rings. The van der Waals surface area contributed by atoms with Crippen LogP contribution in [0.15, 0.2) is 133 Å². The fourth-order valence-electron chi connectivity index (χ4n) is 8.14. The number of carbonyl (C=O) groups excluding carboxylic acids is 2. The number of nitrogens with zero attached hydrogens (tertiary/aromatic N) is 1. The Kier molecular flexibility index (Phi) is 17.9. The Morgan fingerprint density at radius 2 is 1.08 bits per heavy atom. The number of aliphatic hydroxyl groups is 1. The highest BCUT2D eigenvalue weighted by Crippen LogP contribution is 2.37. The number of carbonyl (C=O) groups is 4. The normalized spacial score (nSPS) is 14.9. The molecule has 0 radical (unpaired) electrons. The summed E-state index contributed by atoms with van der Waals surface area (Å²) in [5, 5.41) is 34.1. The zero-order valence-corrected chi connectivity index (χ0v) is 43.6. The van der Waals surface area contributed by atoms with Crippen molar-refractivity contribution in [2.24, 2.45) is 0 Å². The maximum atomic E-state index is 15.2. The van der Waals surface area contributed by atoms with E-state index in [1.165, 1.54) is 30.3 Å². The molecule has 9 aromatic rings. The maximum absolute atomic E-state index is 15.2. The number of ether oxygens (including phenoxy) is 2. The smallest absolute Gasteiger partial charge is 0.380 e. The van der Waals surface area contributed by atoms with Crippen molar-refractivity contribution in [3.63, 3.8) is 0 Å². The van der Waals surface area contributed by atoms with E-state index < -0.39 is 59.7 Å². The number of benzene rings is 5. The molecule has 11 rings (SSSR count). The van der Waals surface area contributed by atoms with Crippen LogP contribution in [-0.4, -0.2) is 82.2 Å². The first-order valence-electron chi connectivity index (χ1n) is 25.2. The van der Waals surface area contributed by atoms with E-state index in [1.54, 1.807) is 78.9 Å². The SMILES string of the molecule is C.O=C(N[C@H](CN1CCCC1)[C@H](O)c1ccc2c(c1)OCCO2)C(F)(F)c1cc2cc(Cl)ccc2o1.O=C(O)Cc1cc2cc(Cl)ccc2o1.[2H]C([2H])(C(=O)Cl)c1cc2cc(Cl)ccc2o1.[2H]C([2H])(C(=O)O)c1cc2cc(Cl)ccc2o1. The monoisotopic (exact) mass is 1170 g/mol. The van der Waals surface area contributed by atoms with E-state index in [1.807, 2.05) is 4.90 Å². The fourth-order valence-corrected chi connectivity index (χ4v) is 8.96. The lowest BCUT2D eigenvalue weighted by molar-refractivity contribution is -0.151. The van der Waals surface area contributed by atoms with Crippen molar-refractivity contribution in [1.29, 1.82) is 0 Å². The Hall–Kier alpha value is -6.83. The number of rotatable bonds is 13. The van der Waals surface area contributed by atoms with Crippen LogP contribution in [0.3, 0.4) is 0 Å². The van der Waals surface area contributed by atoms with Gasteiger partial charge in [0.05, 0.1) is 12.4 Å². The lowest BCUT2D eigenvalue weighted by atomic mass is 10.0. The van der Waals surface area contributed by atoms with Crippen LogP contribution in [0.25, 0.3) is 43.9 Å². The number of carboxylic acids is 2. The van der Waals surface area contributed by atoms with Gasteiger partial charge in [-0.3, -0.25) is 19.2 Å². The van der Waals surface area contributed by atoms with Crippen LogP contribution >= 0.6 is 58.0 Å². The molecule has 6 heterocycles. The molecule has 1 amide bonds. The van der Waals surface area contributed by atoms with Gasteiger partial charge >= 0.3 is 17.9 Å². The third kappa shape index (κ3) is 15.5. The van der Waals surface area contributed by atoms with Crippen LogP contribution in [0.1, 0.15) is 60.5 Å². The van der Waals surface area contributed by atoms with E-state index in [-0.39, 0.29) is 37.5 Å². The van der Waals surface area contributed by atoms with Gasteiger partial charge in [-0.05, 0) is 152 Å². The molecule has 22 heteroatoms. The maximum Gasteiger partial charge on any atom is 0.380 e. The van der Waals surface area contributed by atoms with E-state index >= 15 is 8.78 Å². The second-order valence-electron chi connectivity index (χ2n) is 17.2. The summed E-state index contributed by atoms with van der Waals surface area (Å²) in [7, 11) is 0. The van der Waals surface area contributed by atoms with Gasteiger partial charge in [-0.25, -0.2) is 0 Å². The number of hydrogen-bond acceptors (Lipinski definition) is 12. The standard InChI is InChI=1S/C25H25ClF2N2O5.C10H6Cl2O2.2C10H7ClO3.CH4/c26-17-4-6-19-16(11-17)13-22(35-19)25(27,28)24(32)29-18(14-30-7-1-2-8-30)23(31)15-3-5-20-21(12-15)34-10-9-33-20;3*11-7-1-2-9-6(3-7)4-8(14-9)5-10(12)13;/h3-6,11-13,18,23,31H,1-2,7-10,14H2,(H,29,32);1-4H,5H2;2*1-4H,5H2,(H,12,13);1H4/t18-,23-;;;;/m1..../s1/i;2*5D2;;. The second kappa shape index (κ2) is 26.2. The Bertz CT molecular complexity index is 3690. The molecular formula is C56H49Cl5F2N2O13. The summed E-state index contributed by atoms with van der Waals surface area (Å²) in [6.07, 6.45) is -4.28. The van der Waals surface area contributed by atoms with E-state index in [0.717, 1.165) is 37.4 Å². The van der Waals surface area contributed by atoms with Crippen molar-refractivity contribution in [2.75, 3.05) is 32.8 Å². The number of carboxylic acid groups (broad SMARTS) is 2. The molecule has 78 heavy (non-hydrogen) atoms. The van der Waals surface area contributed by atoms with Crippen LogP contribution in [0.5, 0.6) is 11.5 Å². The second-order valence-corrected chi connectivity index (χ2v) is 19.3. The highest BCUT2D eigenvalue weighted by molar-refractivity contribution is 6.63. The van der Waals surface area contributed by atoms with E-state index in [0.29, 0.717) is 89.0 Å². The quantitative estimate of drug-likeness (QED) is 0.0791. The molecule has 4 N–H and O–H groups in total. The number of aliphatic carboxylic acids is 2. The third-order valence-electron chi connectivity index (χ3n) is 11.6. The zero-order valence-electron chi connectivity index (χ0n) is 43.8. The van der Waals surface area contributed by atoms with Crippen LogP contribution in [0, 0.1) is 0 Å². The van der Waals surface area contributed by atoms with Crippen LogP contribution < -0.4 is 14.8 Å². The average Bonchev–Trinajstić information content (AvgIpc) is 4.43. The minimum absolute atomic E-state index is 0. The zero-order chi connectivity index (χ0) is 58.6. The molecule has 2 aliphatic heterocycles.